The van der Waals surface area contributed by atoms with Crippen LogP contribution in [0.5, 0.6) is 11.5 Å². The molecule has 0 bridgehead atoms. The van der Waals surface area contributed by atoms with Crippen LogP contribution in [0, 0.1) is 0 Å². The number of hydrogen-bond donors (Lipinski definition) is 0. The number of benzene rings is 2. The summed E-state index contributed by atoms with van der Waals surface area (Å²) in [4.78, 5) is 12.5. The van der Waals surface area contributed by atoms with E-state index in [1.165, 1.54) is 17.3 Å². The van der Waals surface area contributed by atoms with Crippen LogP contribution >= 0.6 is 11.8 Å². The van der Waals surface area contributed by atoms with E-state index in [-0.39, 0.29) is 17.6 Å². The second-order valence-corrected chi connectivity index (χ2v) is 7.73. The molecule has 0 aliphatic carbocycles. The Kier molecular flexibility index (Phi) is 7.52. The van der Waals surface area contributed by atoms with Crippen molar-refractivity contribution in [3.05, 3.63) is 65.5 Å². The van der Waals surface area contributed by atoms with Crippen LogP contribution in [-0.2, 0) is 13.0 Å². The molecule has 0 saturated heterocycles. The highest BCUT2D eigenvalue weighted by Gasteiger charge is 2.19. The van der Waals surface area contributed by atoms with Crippen molar-refractivity contribution in [1.29, 1.82) is 0 Å². The molecule has 0 radical (unpaired) electrons. The summed E-state index contributed by atoms with van der Waals surface area (Å²) in [6.07, 6.45) is 0.743. The van der Waals surface area contributed by atoms with Gasteiger partial charge in [0, 0.05) is 12.1 Å². The van der Waals surface area contributed by atoms with Crippen LogP contribution in [0.1, 0.15) is 48.6 Å². The van der Waals surface area contributed by atoms with Crippen molar-refractivity contribution in [3.63, 3.8) is 0 Å². The van der Waals surface area contributed by atoms with Gasteiger partial charge >= 0.3 is 0 Å². The van der Waals surface area contributed by atoms with Gasteiger partial charge in [-0.2, -0.15) is 0 Å². The average molecular weight is 426 g/mol. The lowest BCUT2D eigenvalue weighted by Crippen LogP contribution is -2.12. The second kappa shape index (κ2) is 10.3. The molecule has 2 aromatic carbocycles. The first-order chi connectivity index (χ1) is 14.5. The molecule has 1 aromatic heterocycles. The van der Waals surface area contributed by atoms with Crippen LogP contribution < -0.4 is 9.47 Å². The second-order valence-electron chi connectivity index (χ2n) is 6.78. The molecule has 0 spiro atoms. The summed E-state index contributed by atoms with van der Waals surface area (Å²) >= 11 is 1.39. The maximum Gasteiger partial charge on any atom is 0.191 e. The summed E-state index contributed by atoms with van der Waals surface area (Å²) in [5, 5.41) is 9.34. The maximum atomic E-state index is 12.5. The van der Waals surface area contributed by atoms with Crippen LogP contribution in [-0.4, -0.2) is 33.4 Å². The molecular weight excluding hydrogens is 398 g/mol. The van der Waals surface area contributed by atoms with Crippen molar-refractivity contribution < 1.29 is 14.3 Å². The van der Waals surface area contributed by atoms with E-state index < -0.39 is 0 Å². The zero-order chi connectivity index (χ0) is 21.5. The average Bonchev–Trinajstić information content (AvgIpc) is 3.21. The van der Waals surface area contributed by atoms with Crippen LogP contribution in [0.15, 0.2) is 53.7 Å². The Hall–Kier alpha value is -2.80. The summed E-state index contributed by atoms with van der Waals surface area (Å²) in [5.74, 6) is 2.60. The smallest absolute Gasteiger partial charge is 0.191 e. The van der Waals surface area contributed by atoms with E-state index in [1.54, 1.807) is 31.4 Å². The molecule has 3 aromatic rings. The van der Waals surface area contributed by atoms with Gasteiger partial charge in [0.15, 0.2) is 22.9 Å². The van der Waals surface area contributed by atoms with Gasteiger partial charge in [-0.25, -0.2) is 0 Å². The minimum atomic E-state index is -0.253. The quantitative estimate of drug-likeness (QED) is 0.337. The van der Waals surface area contributed by atoms with Gasteiger partial charge in [-0.1, -0.05) is 30.8 Å². The number of ketones is 1. The minimum Gasteiger partial charge on any atom is -0.497 e. The fraction of sp³-hybridized carbons (Fsp3) is 0.348. The number of carbonyl (C=O) groups excluding carboxylic acids is 1. The van der Waals surface area contributed by atoms with Gasteiger partial charge in [0.1, 0.15) is 11.5 Å². The molecule has 0 aliphatic rings. The summed E-state index contributed by atoms with van der Waals surface area (Å²) in [5.41, 5.74) is 1.92. The van der Waals surface area contributed by atoms with E-state index in [1.807, 2.05) is 30.5 Å². The fourth-order valence-corrected chi connectivity index (χ4v) is 3.96. The first-order valence-corrected chi connectivity index (χ1v) is 11.0. The standard InChI is InChI=1S/C23H27N3O3S/c1-5-17-7-11-20(12-8-17)29-16(3)22-24-25-23(26(22)6-2)30-15-21(27)18-9-13-19(28-4)14-10-18/h7-14,16H,5-6,15H2,1-4H3/t16-/m0/s1. The zero-order valence-electron chi connectivity index (χ0n) is 17.8. The first-order valence-electron chi connectivity index (χ1n) is 10.0. The molecule has 0 aliphatic heterocycles. The predicted octanol–water partition coefficient (Wildman–Crippen LogP) is 4.98. The molecule has 3 rings (SSSR count). The number of ether oxygens (including phenoxy) is 2. The molecule has 0 fully saturated rings. The number of aromatic nitrogens is 3. The normalized spacial score (nSPS) is 11.9. The van der Waals surface area contributed by atoms with Gasteiger partial charge in [0.2, 0.25) is 0 Å². The Bertz CT molecular complexity index is 968. The molecule has 158 valence electrons. The van der Waals surface area contributed by atoms with Gasteiger partial charge < -0.3 is 14.0 Å². The van der Waals surface area contributed by atoms with E-state index in [0.717, 1.165) is 23.7 Å². The first kappa shape index (κ1) is 21.9. The molecular formula is C23H27N3O3S. The Labute approximate surface area is 181 Å². The third kappa shape index (κ3) is 5.21. The predicted molar refractivity (Wildman–Crippen MR) is 119 cm³/mol. The molecule has 30 heavy (non-hydrogen) atoms. The number of rotatable bonds is 10. The number of Topliss-reactive ketones (excluding diaryl/α,β-unsaturated/α-hetero) is 1. The van der Waals surface area contributed by atoms with Gasteiger partial charge in [-0.3, -0.25) is 4.79 Å². The van der Waals surface area contributed by atoms with Crippen molar-refractivity contribution in [1.82, 2.24) is 14.8 Å². The molecule has 1 heterocycles. The molecule has 1 atom stereocenters. The molecule has 6 nitrogen and oxygen atoms in total. The lowest BCUT2D eigenvalue weighted by molar-refractivity contribution is 0.102. The highest BCUT2D eigenvalue weighted by atomic mass is 32.2. The van der Waals surface area contributed by atoms with E-state index in [2.05, 4.69) is 29.3 Å². The lowest BCUT2D eigenvalue weighted by atomic mass is 10.1. The van der Waals surface area contributed by atoms with Crippen LogP contribution in [0.3, 0.4) is 0 Å². The van der Waals surface area contributed by atoms with Crippen LogP contribution in [0.4, 0.5) is 0 Å². The third-order valence-corrected chi connectivity index (χ3v) is 5.78. The topological polar surface area (TPSA) is 66.2 Å². The van der Waals surface area contributed by atoms with Crippen molar-refractivity contribution in [2.75, 3.05) is 12.9 Å². The highest BCUT2D eigenvalue weighted by Crippen LogP contribution is 2.25. The van der Waals surface area contributed by atoms with Gasteiger partial charge in [-0.05, 0) is 62.2 Å². The Morgan fingerprint density at radius 3 is 2.30 bits per heavy atom. The Morgan fingerprint density at radius 1 is 1.03 bits per heavy atom. The number of carbonyl (C=O) groups is 1. The third-order valence-electron chi connectivity index (χ3n) is 4.81. The molecule has 0 N–H and O–H groups in total. The van der Waals surface area contributed by atoms with Crippen molar-refractivity contribution in [2.24, 2.45) is 0 Å². The Balaban J connectivity index is 1.65. The minimum absolute atomic E-state index is 0.0372. The van der Waals surface area contributed by atoms with E-state index in [0.29, 0.717) is 17.3 Å². The molecule has 0 unspecified atom stereocenters. The summed E-state index contributed by atoms with van der Waals surface area (Å²) in [6, 6.07) is 15.2. The van der Waals surface area contributed by atoms with Gasteiger partial charge in [0.25, 0.3) is 0 Å². The largest absolute Gasteiger partial charge is 0.497 e. The number of thioether (sulfide) groups is 1. The number of nitrogens with zero attached hydrogens (tertiary/aromatic N) is 3. The summed E-state index contributed by atoms with van der Waals surface area (Å²) in [7, 11) is 1.60. The molecule has 0 saturated carbocycles. The molecule has 7 heteroatoms. The lowest BCUT2D eigenvalue weighted by Gasteiger charge is -2.15. The van der Waals surface area contributed by atoms with E-state index >= 15 is 0 Å². The van der Waals surface area contributed by atoms with Gasteiger partial charge in [-0.15, -0.1) is 10.2 Å². The van der Waals surface area contributed by atoms with Gasteiger partial charge in [0.05, 0.1) is 12.9 Å². The van der Waals surface area contributed by atoms with Crippen molar-refractivity contribution >= 4 is 17.5 Å². The fourth-order valence-electron chi connectivity index (χ4n) is 3.06. The van der Waals surface area contributed by atoms with Crippen LogP contribution in [0.25, 0.3) is 0 Å². The number of methoxy groups -OCH3 is 1. The number of aryl methyl sites for hydroxylation is 1. The highest BCUT2D eigenvalue weighted by molar-refractivity contribution is 7.99. The zero-order valence-corrected chi connectivity index (χ0v) is 18.6. The van der Waals surface area contributed by atoms with E-state index in [9.17, 15) is 4.79 Å². The summed E-state index contributed by atoms with van der Waals surface area (Å²) < 4.78 is 13.2. The maximum absolute atomic E-state index is 12.5. The number of hydrogen-bond acceptors (Lipinski definition) is 6. The van der Waals surface area contributed by atoms with E-state index in [4.69, 9.17) is 9.47 Å². The summed E-state index contributed by atoms with van der Waals surface area (Å²) in [6.45, 7) is 6.82. The Morgan fingerprint density at radius 2 is 1.70 bits per heavy atom. The monoisotopic (exact) mass is 425 g/mol. The van der Waals surface area contributed by atoms with Crippen molar-refractivity contribution in [3.8, 4) is 11.5 Å². The van der Waals surface area contributed by atoms with Crippen LogP contribution in [0.2, 0.25) is 0 Å². The SMILES string of the molecule is CCc1ccc(O[C@@H](C)c2nnc(SCC(=O)c3ccc(OC)cc3)n2CC)cc1. The van der Waals surface area contributed by atoms with Crippen molar-refractivity contribution in [2.45, 2.75) is 45.0 Å². The molecule has 0 amide bonds.